The molecule has 312 valence electrons. The molecule has 6 aromatic rings. The van der Waals surface area contributed by atoms with Crippen LogP contribution in [-0.4, -0.2) is 34.7 Å². The molecule has 3 atom stereocenters. The van der Waals surface area contributed by atoms with Gasteiger partial charge in [0.1, 0.15) is 47.2 Å². The van der Waals surface area contributed by atoms with Gasteiger partial charge in [0.25, 0.3) is 11.8 Å². The molecule has 0 saturated heterocycles. The molecule has 3 amide bonds. The molecule has 2 aliphatic rings. The van der Waals surface area contributed by atoms with Crippen LogP contribution in [0.1, 0.15) is 56.8 Å². The number of hydrogen-bond acceptors (Lipinski definition) is 6. The number of amides is 3. The van der Waals surface area contributed by atoms with Crippen LogP contribution in [0.3, 0.4) is 0 Å². The van der Waals surface area contributed by atoms with Crippen LogP contribution < -0.4 is 20.1 Å². The number of carbonyl (C=O) groups is 3. The highest BCUT2D eigenvalue weighted by Gasteiger charge is 2.39. The molecular weight excluding hydrogens is 840 g/mol. The van der Waals surface area contributed by atoms with Gasteiger partial charge in [-0.05, 0) is 95.3 Å². The lowest BCUT2D eigenvalue weighted by molar-refractivity contribution is -0.127. The molecule has 0 bridgehead atoms. The van der Waals surface area contributed by atoms with Gasteiger partial charge in [0, 0.05) is 36.7 Å². The standard InChI is InChI=1S/C48H35Cl2F3N4O5/c1-26(16-27-2-7-30(8-3-27)31-9-4-28(23-54)5-10-31)55-46(58)42-19-33-18-41-43(20-34(33)24-57(42)48(60)44-39(52)21-35(51)22-40(44)53)62-45(47(59)56-41)32-11-13-36(14-12-32)61-25-29-6-15-37(49)38(50)17-29/h2-15,17-18,20-22,26,42,45H,16,19,24-25H2,1H3,(H,55,58)(H,56,59)/t26-,42?,45-/m0/s1. The van der Waals surface area contributed by atoms with Gasteiger partial charge in [0.05, 0.1) is 27.4 Å². The number of benzene rings is 6. The predicted octanol–water partition coefficient (Wildman–Crippen LogP) is 9.92. The van der Waals surface area contributed by atoms with E-state index in [9.17, 15) is 18.8 Å². The molecule has 0 aromatic heterocycles. The van der Waals surface area contributed by atoms with E-state index in [4.69, 9.17) is 37.9 Å². The van der Waals surface area contributed by atoms with Crippen LogP contribution in [0, 0.1) is 28.8 Å². The van der Waals surface area contributed by atoms with Crippen LogP contribution >= 0.6 is 23.2 Å². The van der Waals surface area contributed by atoms with Crippen molar-refractivity contribution in [1.29, 1.82) is 5.26 Å². The van der Waals surface area contributed by atoms with Crippen LogP contribution in [0.2, 0.25) is 10.0 Å². The van der Waals surface area contributed by atoms with Gasteiger partial charge in [-0.25, -0.2) is 13.2 Å². The third-order valence-corrected chi connectivity index (χ3v) is 11.5. The van der Waals surface area contributed by atoms with Gasteiger partial charge in [-0.2, -0.15) is 5.26 Å². The van der Waals surface area contributed by atoms with Crippen molar-refractivity contribution in [1.82, 2.24) is 10.2 Å². The Hall–Kier alpha value is -6.81. The van der Waals surface area contributed by atoms with Gasteiger partial charge in [-0.1, -0.05) is 77.8 Å². The van der Waals surface area contributed by atoms with Crippen LogP contribution in [0.4, 0.5) is 18.9 Å². The fraction of sp³-hybridized carbons (Fsp3) is 0.167. The van der Waals surface area contributed by atoms with Crippen molar-refractivity contribution >= 4 is 46.6 Å². The lowest BCUT2D eigenvalue weighted by Gasteiger charge is -2.38. The summed E-state index contributed by atoms with van der Waals surface area (Å²) in [7, 11) is 0. The first-order valence-corrected chi connectivity index (χ1v) is 20.2. The first kappa shape index (κ1) is 41.9. The number of anilines is 1. The zero-order chi connectivity index (χ0) is 43.7. The number of nitrogens with zero attached hydrogens (tertiary/aromatic N) is 2. The highest BCUT2D eigenvalue weighted by atomic mass is 35.5. The van der Waals surface area contributed by atoms with E-state index in [1.165, 1.54) is 0 Å². The highest BCUT2D eigenvalue weighted by Crippen LogP contribution is 2.40. The van der Waals surface area contributed by atoms with E-state index >= 15 is 8.78 Å². The molecule has 2 N–H and O–H groups in total. The van der Waals surface area contributed by atoms with E-state index in [0.717, 1.165) is 27.2 Å². The maximum atomic E-state index is 15.1. The Morgan fingerprint density at radius 1 is 0.871 bits per heavy atom. The third-order valence-electron chi connectivity index (χ3n) is 10.8. The summed E-state index contributed by atoms with van der Waals surface area (Å²) in [5.74, 6) is -5.34. The SMILES string of the molecule is C[C@@H](Cc1ccc(-c2ccc(C#N)cc2)cc1)NC(=O)C1Cc2cc3c(cc2CN1C(=O)c1c(F)cc(F)cc1F)O[C@@H](c1ccc(OCc2ccc(Cl)c(Cl)c2)cc1)C(=O)N3. The summed E-state index contributed by atoms with van der Waals surface area (Å²) in [4.78, 5) is 42.6. The number of nitrogens with one attached hydrogen (secondary N) is 2. The van der Waals surface area contributed by atoms with Gasteiger partial charge in [0.2, 0.25) is 12.0 Å². The fourth-order valence-corrected chi connectivity index (χ4v) is 7.92. The lowest BCUT2D eigenvalue weighted by Crippen LogP contribution is -2.54. The molecule has 0 spiro atoms. The van der Waals surface area contributed by atoms with Gasteiger partial charge >= 0.3 is 0 Å². The Labute approximate surface area is 364 Å². The summed E-state index contributed by atoms with van der Waals surface area (Å²) in [6.45, 7) is 1.77. The molecule has 62 heavy (non-hydrogen) atoms. The van der Waals surface area contributed by atoms with Crippen LogP contribution in [0.25, 0.3) is 11.1 Å². The Morgan fingerprint density at radius 3 is 2.19 bits per heavy atom. The van der Waals surface area contributed by atoms with Crippen molar-refractivity contribution in [2.45, 2.75) is 51.1 Å². The van der Waals surface area contributed by atoms with E-state index in [2.05, 4.69) is 16.7 Å². The van der Waals surface area contributed by atoms with Gasteiger partial charge in [-0.15, -0.1) is 0 Å². The maximum Gasteiger partial charge on any atom is 0.270 e. The third kappa shape index (κ3) is 8.96. The van der Waals surface area contributed by atoms with Crippen molar-refractivity contribution in [3.63, 3.8) is 0 Å². The van der Waals surface area contributed by atoms with Gasteiger partial charge in [0.15, 0.2) is 0 Å². The minimum atomic E-state index is -1.40. The second kappa shape index (κ2) is 17.7. The largest absolute Gasteiger partial charge is 0.489 e. The molecule has 8 rings (SSSR count). The molecule has 0 saturated carbocycles. The van der Waals surface area contributed by atoms with Crippen molar-refractivity contribution in [2.24, 2.45) is 0 Å². The number of fused-ring (bicyclic) bond motifs is 2. The Balaban J connectivity index is 1.000. The Kier molecular flexibility index (Phi) is 11.9. The van der Waals surface area contributed by atoms with Crippen molar-refractivity contribution in [3.8, 4) is 28.7 Å². The molecule has 9 nitrogen and oxygen atoms in total. The molecule has 0 radical (unpaired) electrons. The summed E-state index contributed by atoms with van der Waals surface area (Å²) in [5, 5.41) is 15.8. The maximum absolute atomic E-state index is 15.1. The van der Waals surface area contributed by atoms with E-state index in [0.29, 0.717) is 62.3 Å². The second-order valence-corrected chi connectivity index (χ2v) is 15.9. The van der Waals surface area contributed by atoms with E-state index < -0.39 is 58.9 Å². The molecule has 2 aliphatic heterocycles. The molecule has 14 heteroatoms. The molecule has 0 fully saturated rings. The minimum Gasteiger partial charge on any atom is -0.489 e. The van der Waals surface area contributed by atoms with E-state index in [-0.39, 0.29) is 25.3 Å². The average Bonchev–Trinajstić information content (AvgIpc) is 3.25. The van der Waals surface area contributed by atoms with E-state index in [1.807, 2.05) is 36.4 Å². The first-order chi connectivity index (χ1) is 29.8. The fourth-order valence-electron chi connectivity index (χ4n) is 7.60. The monoisotopic (exact) mass is 874 g/mol. The molecular formula is C48H35Cl2F3N4O5. The summed E-state index contributed by atoms with van der Waals surface area (Å²) in [6.07, 6.45) is -0.704. The number of nitriles is 1. The van der Waals surface area contributed by atoms with E-state index in [1.54, 1.807) is 73.7 Å². The summed E-state index contributed by atoms with van der Waals surface area (Å²) < 4.78 is 56.2. The molecule has 2 heterocycles. The number of carbonyl (C=O) groups excluding carboxylic acids is 3. The number of hydrogen-bond donors (Lipinski definition) is 2. The minimum absolute atomic E-state index is 0.0698. The van der Waals surface area contributed by atoms with Crippen molar-refractivity contribution in [2.75, 3.05) is 5.32 Å². The van der Waals surface area contributed by atoms with Crippen molar-refractivity contribution in [3.05, 3.63) is 182 Å². The quantitative estimate of drug-likeness (QED) is 0.141. The van der Waals surface area contributed by atoms with Gasteiger partial charge in [-0.3, -0.25) is 14.4 Å². The van der Waals surface area contributed by atoms with Crippen LogP contribution in [0.15, 0.2) is 115 Å². The number of halogens is 5. The smallest absolute Gasteiger partial charge is 0.270 e. The summed E-state index contributed by atoms with van der Waals surface area (Å²) in [6, 6.07) is 31.5. The second-order valence-electron chi connectivity index (χ2n) is 15.1. The highest BCUT2D eigenvalue weighted by molar-refractivity contribution is 6.42. The molecule has 0 aliphatic carbocycles. The number of ether oxygens (including phenoxy) is 2. The van der Waals surface area contributed by atoms with Crippen LogP contribution in [-0.2, 0) is 35.6 Å². The summed E-state index contributed by atoms with van der Waals surface area (Å²) in [5.41, 5.74) is 5.17. The average molecular weight is 876 g/mol. The normalized spacial score (nSPS) is 15.9. The molecule has 6 aromatic carbocycles. The van der Waals surface area contributed by atoms with Crippen LogP contribution in [0.5, 0.6) is 11.5 Å². The predicted molar refractivity (Wildman–Crippen MR) is 227 cm³/mol. The Morgan fingerprint density at radius 2 is 1.53 bits per heavy atom. The van der Waals surface area contributed by atoms with Gasteiger partial charge < -0.3 is 25.0 Å². The zero-order valence-corrected chi connectivity index (χ0v) is 34.4. The number of rotatable bonds is 10. The zero-order valence-electron chi connectivity index (χ0n) is 32.9. The first-order valence-electron chi connectivity index (χ1n) is 19.5. The molecule has 1 unspecified atom stereocenters. The summed E-state index contributed by atoms with van der Waals surface area (Å²) >= 11 is 12.1. The topological polar surface area (TPSA) is 121 Å². The Bertz CT molecular complexity index is 2740. The van der Waals surface area contributed by atoms with Crippen molar-refractivity contribution < 1.29 is 37.0 Å². The lowest BCUT2D eigenvalue weighted by atomic mass is 9.91.